The largest absolute Gasteiger partial charge is 0.378 e. The van der Waals surface area contributed by atoms with Crippen LogP contribution in [0.2, 0.25) is 0 Å². The van der Waals surface area contributed by atoms with Gasteiger partial charge in [-0.15, -0.1) is 0 Å². The van der Waals surface area contributed by atoms with Gasteiger partial charge in [0.25, 0.3) is 0 Å². The zero-order valence-electron chi connectivity index (χ0n) is 12.4. The van der Waals surface area contributed by atoms with Crippen molar-refractivity contribution < 1.29 is 9.13 Å². The predicted molar refractivity (Wildman–Crippen MR) is 92.2 cm³/mol. The molecule has 0 aliphatic carbocycles. The lowest BCUT2D eigenvalue weighted by molar-refractivity contribution is 0.122. The number of hydrogen-bond donors (Lipinski definition) is 1. The molecule has 23 heavy (non-hydrogen) atoms. The van der Waals surface area contributed by atoms with Crippen molar-refractivity contribution in [2.24, 2.45) is 0 Å². The topological polar surface area (TPSA) is 41.2 Å². The highest BCUT2D eigenvalue weighted by molar-refractivity contribution is 9.10. The fourth-order valence-electron chi connectivity index (χ4n) is 2.80. The van der Waals surface area contributed by atoms with E-state index in [0.717, 1.165) is 54.4 Å². The van der Waals surface area contributed by atoms with Crippen LogP contribution in [0.4, 0.5) is 10.1 Å². The highest BCUT2D eigenvalue weighted by Gasteiger charge is 2.13. The third-order valence-corrected chi connectivity index (χ3v) is 4.64. The van der Waals surface area contributed by atoms with Crippen LogP contribution in [-0.4, -0.2) is 36.3 Å². The summed E-state index contributed by atoms with van der Waals surface area (Å²) in [6.07, 6.45) is 0. The van der Waals surface area contributed by atoms with Crippen molar-refractivity contribution in [3.8, 4) is 11.4 Å². The van der Waals surface area contributed by atoms with E-state index in [2.05, 4.69) is 42.9 Å². The van der Waals surface area contributed by atoms with E-state index in [1.165, 1.54) is 6.07 Å². The van der Waals surface area contributed by atoms with E-state index in [1.54, 1.807) is 12.1 Å². The van der Waals surface area contributed by atoms with Crippen LogP contribution in [0.1, 0.15) is 0 Å². The van der Waals surface area contributed by atoms with E-state index >= 15 is 0 Å². The first-order valence-corrected chi connectivity index (χ1v) is 8.28. The number of fused-ring (bicyclic) bond motifs is 1. The maximum atomic E-state index is 13.4. The Balaban J connectivity index is 1.71. The van der Waals surface area contributed by atoms with E-state index in [1.807, 2.05) is 6.07 Å². The molecule has 1 aliphatic rings. The van der Waals surface area contributed by atoms with Crippen LogP contribution in [0.25, 0.3) is 22.4 Å². The molecule has 1 aromatic heterocycles. The fraction of sp³-hybridized carbons (Fsp3) is 0.235. The SMILES string of the molecule is Fc1ccc(-c2nc3ccc(N4CCOCC4)cc3[nH]2)cc1Br. The van der Waals surface area contributed by atoms with Crippen molar-refractivity contribution in [2.45, 2.75) is 0 Å². The molecule has 4 nitrogen and oxygen atoms in total. The summed E-state index contributed by atoms with van der Waals surface area (Å²) in [5, 5.41) is 0. The lowest BCUT2D eigenvalue weighted by Crippen LogP contribution is -2.36. The minimum absolute atomic E-state index is 0.278. The lowest BCUT2D eigenvalue weighted by atomic mass is 10.2. The number of H-pyrrole nitrogens is 1. The van der Waals surface area contributed by atoms with Gasteiger partial charge in [0.2, 0.25) is 0 Å². The predicted octanol–water partition coefficient (Wildman–Crippen LogP) is 3.97. The summed E-state index contributed by atoms with van der Waals surface area (Å²) in [5.41, 5.74) is 3.89. The summed E-state index contributed by atoms with van der Waals surface area (Å²) >= 11 is 3.22. The summed E-state index contributed by atoms with van der Waals surface area (Å²) in [6.45, 7) is 3.32. The van der Waals surface area contributed by atoms with Crippen molar-refractivity contribution in [1.29, 1.82) is 0 Å². The molecule has 0 atom stereocenters. The molecule has 118 valence electrons. The number of aromatic nitrogens is 2. The number of benzene rings is 2. The van der Waals surface area contributed by atoms with Gasteiger partial charge in [0, 0.05) is 24.3 Å². The molecule has 1 fully saturated rings. The molecule has 2 aromatic carbocycles. The number of morpholine rings is 1. The zero-order valence-corrected chi connectivity index (χ0v) is 13.9. The number of halogens is 2. The zero-order chi connectivity index (χ0) is 15.8. The normalized spacial score (nSPS) is 15.3. The molecule has 0 amide bonds. The Morgan fingerprint density at radius 1 is 1.13 bits per heavy atom. The Morgan fingerprint density at radius 2 is 1.96 bits per heavy atom. The van der Waals surface area contributed by atoms with Gasteiger partial charge in [-0.1, -0.05) is 0 Å². The van der Waals surface area contributed by atoms with Crippen LogP contribution in [0.15, 0.2) is 40.9 Å². The summed E-state index contributed by atoms with van der Waals surface area (Å²) in [6, 6.07) is 11.1. The van der Waals surface area contributed by atoms with Gasteiger partial charge < -0.3 is 14.6 Å². The Labute approximate surface area is 141 Å². The van der Waals surface area contributed by atoms with Gasteiger partial charge in [0.15, 0.2) is 0 Å². The number of aromatic amines is 1. The van der Waals surface area contributed by atoms with Crippen molar-refractivity contribution in [3.63, 3.8) is 0 Å². The van der Waals surface area contributed by atoms with Crippen LogP contribution in [0, 0.1) is 5.82 Å². The molecule has 0 radical (unpaired) electrons. The van der Waals surface area contributed by atoms with E-state index in [9.17, 15) is 4.39 Å². The van der Waals surface area contributed by atoms with E-state index in [4.69, 9.17) is 4.74 Å². The quantitative estimate of drug-likeness (QED) is 0.736. The Bertz CT molecular complexity index is 858. The molecule has 1 saturated heterocycles. The van der Waals surface area contributed by atoms with Gasteiger partial charge >= 0.3 is 0 Å². The van der Waals surface area contributed by atoms with Gasteiger partial charge in [0.05, 0.1) is 28.7 Å². The standard InChI is InChI=1S/C17H15BrFN3O/c18-13-9-11(1-3-14(13)19)17-20-15-4-2-12(10-16(15)21-17)22-5-7-23-8-6-22/h1-4,9-10H,5-8H2,(H,20,21). The Kier molecular flexibility index (Phi) is 3.79. The van der Waals surface area contributed by atoms with Crippen LogP contribution >= 0.6 is 15.9 Å². The number of hydrogen-bond acceptors (Lipinski definition) is 3. The molecule has 1 aliphatic heterocycles. The first-order valence-electron chi connectivity index (χ1n) is 7.48. The third-order valence-electron chi connectivity index (χ3n) is 4.03. The minimum Gasteiger partial charge on any atom is -0.378 e. The highest BCUT2D eigenvalue weighted by atomic mass is 79.9. The molecular formula is C17H15BrFN3O. The lowest BCUT2D eigenvalue weighted by Gasteiger charge is -2.28. The van der Waals surface area contributed by atoms with Gasteiger partial charge in [-0.3, -0.25) is 0 Å². The second kappa shape index (κ2) is 5.94. The number of ether oxygens (including phenoxy) is 1. The number of nitrogens with one attached hydrogen (secondary N) is 1. The molecular weight excluding hydrogens is 361 g/mol. The summed E-state index contributed by atoms with van der Waals surface area (Å²) < 4.78 is 19.2. The van der Waals surface area contributed by atoms with E-state index in [-0.39, 0.29) is 5.82 Å². The van der Waals surface area contributed by atoms with Gasteiger partial charge in [-0.05, 0) is 52.3 Å². The Morgan fingerprint density at radius 3 is 2.74 bits per heavy atom. The van der Waals surface area contributed by atoms with Crippen molar-refractivity contribution >= 4 is 32.7 Å². The average molecular weight is 376 g/mol. The number of anilines is 1. The van der Waals surface area contributed by atoms with Crippen molar-refractivity contribution in [1.82, 2.24) is 9.97 Å². The molecule has 1 N–H and O–H groups in total. The van der Waals surface area contributed by atoms with E-state index in [0.29, 0.717) is 4.47 Å². The highest BCUT2D eigenvalue weighted by Crippen LogP contribution is 2.27. The molecule has 2 heterocycles. The average Bonchev–Trinajstić information content (AvgIpc) is 3.01. The molecule has 3 aromatic rings. The van der Waals surface area contributed by atoms with Crippen LogP contribution in [-0.2, 0) is 4.74 Å². The minimum atomic E-state index is -0.278. The second-order valence-corrected chi connectivity index (χ2v) is 6.37. The van der Waals surface area contributed by atoms with Gasteiger partial charge in [-0.25, -0.2) is 9.37 Å². The monoisotopic (exact) mass is 375 g/mol. The first-order chi connectivity index (χ1) is 11.2. The van der Waals surface area contributed by atoms with E-state index < -0.39 is 0 Å². The van der Waals surface area contributed by atoms with Crippen molar-refractivity contribution in [2.75, 3.05) is 31.2 Å². The summed E-state index contributed by atoms with van der Waals surface area (Å²) in [4.78, 5) is 10.2. The maximum absolute atomic E-state index is 13.4. The molecule has 0 saturated carbocycles. The number of nitrogens with zero attached hydrogens (tertiary/aromatic N) is 2. The van der Waals surface area contributed by atoms with Gasteiger partial charge in [-0.2, -0.15) is 0 Å². The fourth-order valence-corrected chi connectivity index (χ4v) is 3.17. The summed E-state index contributed by atoms with van der Waals surface area (Å²) in [5.74, 6) is 0.458. The second-order valence-electron chi connectivity index (χ2n) is 5.52. The molecule has 6 heteroatoms. The smallest absolute Gasteiger partial charge is 0.138 e. The third kappa shape index (κ3) is 2.84. The van der Waals surface area contributed by atoms with Crippen LogP contribution in [0.3, 0.4) is 0 Å². The van der Waals surface area contributed by atoms with Gasteiger partial charge in [0.1, 0.15) is 11.6 Å². The number of rotatable bonds is 2. The molecule has 0 bridgehead atoms. The number of imidazole rings is 1. The first kappa shape index (κ1) is 14.7. The molecule has 0 spiro atoms. The Hall–Kier alpha value is -1.92. The maximum Gasteiger partial charge on any atom is 0.138 e. The molecule has 0 unspecified atom stereocenters. The summed E-state index contributed by atoms with van der Waals surface area (Å²) in [7, 11) is 0. The molecule has 4 rings (SSSR count). The van der Waals surface area contributed by atoms with Crippen molar-refractivity contribution in [3.05, 3.63) is 46.7 Å². The van der Waals surface area contributed by atoms with Crippen LogP contribution < -0.4 is 4.90 Å². The van der Waals surface area contributed by atoms with Crippen LogP contribution in [0.5, 0.6) is 0 Å².